The molecule has 1 aromatic rings. The highest BCUT2D eigenvalue weighted by molar-refractivity contribution is 6.30. The van der Waals surface area contributed by atoms with Crippen molar-refractivity contribution in [1.29, 1.82) is 0 Å². The van der Waals surface area contributed by atoms with E-state index in [1.54, 1.807) is 12.1 Å². The third-order valence-electron chi connectivity index (χ3n) is 3.88. The Bertz CT molecular complexity index is 421. The first kappa shape index (κ1) is 15.7. The molecule has 1 fully saturated rings. The van der Waals surface area contributed by atoms with Crippen molar-refractivity contribution < 1.29 is 9.13 Å². The molecule has 0 amide bonds. The first-order valence-electron chi connectivity index (χ1n) is 7.46. The maximum absolute atomic E-state index is 14.1. The van der Waals surface area contributed by atoms with Gasteiger partial charge in [0.25, 0.3) is 0 Å². The van der Waals surface area contributed by atoms with E-state index in [4.69, 9.17) is 16.3 Å². The first-order valence-corrected chi connectivity index (χ1v) is 7.84. The van der Waals surface area contributed by atoms with E-state index in [0.717, 1.165) is 45.4 Å². The van der Waals surface area contributed by atoms with Crippen molar-refractivity contribution >= 4 is 11.6 Å². The highest BCUT2D eigenvalue weighted by Crippen LogP contribution is 2.30. The fourth-order valence-corrected chi connectivity index (χ4v) is 2.92. The predicted octanol–water partition coefficient (Wildman–Crippen LogP) is 4.34. The van der Waals surface area contributed by atoms with Crippen LogP contribution in [0.5, 0.6) is 0 Å². The summed E-state index contributed by atoms with van der Waals surface area (Å²) in [5.41, 5.74) is 0.692. The summed E-state index contributed by atoms with van der Waals surface area (Å²) >= 11 is 6.02. The minimum atomic E-state index is -0.171. The molecular formula is C16H23ClFNO. The number of rotatable bonds is 6. The van der Waals surface area contributed by atoms with E-state index < -0.39 is 0 Å². The molecule has 1 N–H and O–H groups in total. The zero-order chi connectivity index (χ0) is 14.4. The van der Waals surface area contributed by atoms with Gasteiger partial charge >= 0.3 is 0 Å². The lowest BCUT2D eigenvalue weighted by Gasteiger charge is -2.28. The Morgan fingerprint density at radius 2 is 2.15 bits per heavy atom. The van der Waals surface area contributed by atoms with Crippen LogP contribution < -0.4 is 5.32 Å². The predicted molar refractivity (Wildman–Crippen MR) is 80.6 cm³/mol. The molecule has 2 nitrogen and oxygen atoms in total. The molecular weight excluding hydrogens is 277 g/mol. The lowest BCUT2D eigenvalue weighted by molar-refractivity contribution is 0.0604. The number of benzene rings is 1. The molecule has 1 heterocycles. The molecule has 20 heavy (non-hydrogen) atoms. The molecule has 1 saturated heterocycles. The Balaban J connectivity index is 2.10. The van der Waals surface area contributed by atoms with Gasteiger partial charge < -0.3 is 10.1 Å². The fraction of sp³-hybridized carbons (Fsp3) is 0.625. The molecule has 1 aliphatic heterocycles. The third-order valence-corrected chi connectivity index (χ3v) is 4.12. The highest BCUT2D eigenvalue weighted by atomic mass is 35.5. The summed E-state index contributed by atoms with van der Waals surface area (Å²) in [6, 6.07) is 4.86. The van der Waals surface area contributed by atoms with Gasteiger partial charge in [-0.2, -0.15) is 0 Å². The Hall–Kier alpha value is -0.640. The van der Waals surface area contributed by atoms with Gasteiger partial charge in [-0.25, -0.2) is 4.39 Å². The van der Waals surface area contributed by atoms with Crippen molar-refractivity contribution in [2.45, 2.75) is 38.6 Å². The number of hydrogen-bond acceptors (Lipinski definition) is 2. The molecule has 0 aliphatic carbocycles. The average molecular weight is 300 g/mol. The second-order valence-corrected chi connectivity index (χ2v) is 5.90. The first-order chi connectivity index (χ1) is 9.70. The fourth-order valence-electron chi connectivity index (χ4n) is 2.74. The minimum absolute atomic E-state index is 0.0387. The number of nitrogens with one attached hydrogen (secondary N) is 1. The Kier molecular flexibility index (Phi) is 6.27. The monoisotopic (exact) mass is 299 g/mol. The molecule has 0 saturated carbocycles. The lowest BCUT2D eigenvalue weighted by Crippen LogP contribution is -2.27. The van der Waals surface area contributed by atoms with Crippen LogP contribution in [0.4, 0.5) is 4.39 Å². The van der Waals surface area contributed by atoms with Crippen molar-refractivity contribution in [2.75, 3.05) is 19.8 Å². The highest BCUT2D eigenvalue weighted by Gasteiger charge is 2.22. The second-order valence-electron chi connectivity index (χ2n) is 5.46. The quantitative estimate of drug-likeness (QED) is 0.844. The summed E-state index contributed by atoms with van der Waals surface area (Å²) in [5.74, 6) is 0.423. The van der Waals surface area contributed by atoms with Gasteiger partial charge in [0.1, 0.15) is 5.82 Å². The van der Waals surface area contributed by atoms with Crippen LogP contribution in [0.3, 0.4) is 0 Å². The SMILES string of the molecule is CCCNC(CC1CCOCC1)c1cc(Cl)ccc1F. The van der Waals surface area contributed by atoms with Crippen LogP contribution in [0, 0.1) is 11.7 Å². The Labute approximate surface area is 125 Å². The van der Waals surface area contributed by atoms with Crippen LogP contribution in [-0.2, 0) is 4.74 Å². The summed E-state index contributed by atoms with van der Waals surface area (Å²) in [7, 11) is 0. The van der Waals surface area contributed by atoms with Gasteiger partial charge in [-0.05, 0) is 56.3 Å². The van der Waals surface area contributed by atoms with Crippen LogP contribution in [0.1, 0.15) is 44.2 Å². The molecule has 2 rings (SSSR count). The topological polar surface area (TPSA) is 21.3 Å². The van der Waals surface area contributed by atoms with Gasteiger partial charge in [-0.15, -0.1) is 0 Å². The van der Waals surface area contributed by atoms with E-state index in [9.17, 15) is 4.39 Å². The molecule has 0 aromatic heterocycles. The van der Waals surface area contributed by atoms with Gasteiger partial charge in [0.05, 0.1) is 0 Å². The molecule has 1 aromatic carbocycles. The number of ether oxygens (including phenoxy) is 1. The van der Waals surface area contributed by atoms with E-state index in [1.165, 1.54) is 6.07 Å². The van der Waals surface area contributed by atoms with Crippen LogP contribution in [0.25, 0.3) is 0 Å². The molecule has 1 atom stereocenters. The molecule has 0 bridgehead atoms. The van der Waals surface area contributed by atoms with Crippen molar-refractivity contribution in [3.63, 3.8) is 0 Å². The number of hydrogen-bond donors (Lipinski definition) is 1. The molecule has 112 valence electrons. The van der Waals surface area contributed by atoms with E-state index in [1.807, 2.05) is 0 Å². The summed E-state index contributed by atoms with van der Waals surface area (Å²) in [5, 5.41) is 4.06. The summed E-state index contributed by atoms with van der Waals surface area (Å²) in [6.07, 6.45) is 4.10. The summed E-state index contributed by atoms with van der Waals surface area (Å²) < 4.78 is 19.5. The second kappa shape index (κ2) is 7.96. The zero-order valence-corrected chi connectivity index (χ0v) is 12.8. The summed E-state index contributed by atoms with van der Waals surface area (Å²) in [4.78, 5) is 0. The Morgan fingerprint density at radius 1 is 1.40 bits per heavy atom. The molecule has 4 heteroatoms. The standard InChI is InChI=1S/C16H23ClFNO/c1-2-7-19-16(10-12-5-8-20-9-6-12)14-11-13(17)3-4-15(14)18/h3-4,11-12,16,19H,2,5-10H2,1H3. The smallest absolute Gasteiger partial charge is 0.128 e. The lowest BCUT2D eigenvalue weighted by atomic mass is 9.89. The summed E-state index contributed by atoms with van der Waals surface area (Å²) in [6.45, 7) is 4.65. The van der Waals surface area contributed by atoms with Gasteiger partial charge in [0, 0.05) is 29.8 Å². The van der Waals surface area contributed by atoms with E-state index in [-0.39, 0.29) is 11.9 Å². The van der Waals surface area contributed by atoms with Gasteiger partial charge in [0.15, 0.2) is 0 Å². The Morgan fingerprint density at radius 3 is 2.85 bits per heavy atom. The van der Waals surface area contributed by atoms with Gasteiger partial charge in [-0.1, -0.05) is 18.5 Å². The largest absolute Gasteiger partial charge is 0.381 e. The molecule has 0 radical (unpaired) electrons. The third kappa shape index (κ3) is 4.44. The van der Waals surface area contributed by atoms with E-state index in [0.29, 0.717) is 16.5 Å². The maximum atomic E-state index is 14.1. The average Bonchev–Trinajstić information content (AvgIpc) is 2.47. The molecule has 1 unspecified atom stereocenters. The normalized spacial score (nSPS) is 18.1. The van der Waals surface area contributed by atoms with Crippen molar-refractivity contribution in [3.05, 3.63) is 34.6 Å². The van der Waals surface area contributed by atoms with Gasteiger partial charge in [0.2, 0.25) is 0 Å². The van der Waals surface area contributed by atoms with Crippen LogP contribution in [-0.4, -0.2) is 19.8 Å². The van der Waals surface area contributed by atoms with E-state index >= 15 is 0 Å². The van der Waals surface area contributed by atoms with Crippen molar-refractivity contribution in [1.82, 2.24) is 5.32 Å². The van der Waals surface area contributed by atoms with Crippen molar-refractivity contribution in [2.24, 2.45) is 5.92 Å². The molecule has 0 spiro atoms. The zero-order valence-electron chi connectivity index (χ0n) is 12.0. The van der Waals surface area contributed by atoms with Crippen molar-refractivity contribution in [3.8, 4) is 0 Å². The molecule has 1 aliphatic rings. The van der Waals surface area contributed by atoms with Crippen LogP contribution in [0.2, 0.25) is 5.02 Å². The van der Waals surface area contributed by atoms with Crippen LogP contribution in [0.15, 0.2) is 18.2 Å². The van der Waals surface area contributed by atoms with Gasteiger partial charge in [-0.3, -0.25) is 0 Å². The van der Waals surface area contributed by atoms with E-state index in [2.05, 4.69) is 12.2 Å². The minimum Gasteiger partial charge on any atom is -0.381 e. The van der Waals surface area contributed by atoms with Crippen LogP contribution >= 0.6 is 11.6 Å². The number of halogens is 2. The maximum Gasteiger partial charge on any atom is 0.128 e.